The fourth-order valence-corrected chi connectivity index (χ4v) is 5.60. The van der Waals surface area contributed by atoms with Crippen molar-refractivity contribution < 1.29 is 14.3 Å². The van der Waals surface area contributed by atoms with Crippen LogP contribution in [0.15, 0.2) is 35.4 Å². The van der Waals surface area contributed by atoms with Gasteiger partial charge in [-0.15, -0.1) is 11.3 Å². The first-order chi connectivity index (χ1) is 16.0. The molecule has 1 aliphatic carbocycles. The summed E-state index contributed by atoms with van der Waals surface area (Å²) in [4.78, 5) is 29.5. The summed E-state index contributed by atoms with van der Waals surface area (Å²) in [6, 6.07) is 4.18. The molecule has 2 amide bonds. The van der Waals surface area contributed by atoms with E-state index in [1.54, 1.807) is 29.9 Å². The molecule has 3 aromatic rings. The highest BCUT2D eigenvalue weighted by Gasteiger charge is 2.27. The second-order valence-electron chi connectivity index (χ2n) is 7.76. The normalized spacial score (nSPS) is 15.1. The van der Waals surface area contributed by atoms with Crippen molar-refractivity contribution in [3.8, 4) is 6.07 Å². The van der Waals surface area contributed by atoms with Gasteiger partial charge in [-0.3, -0.25) is 4.79 Å². The summed E-state index contributed by atoms with van der Waals surface area (Å²) in [5.41, 5.74) is 3.39. The Labute approximate surface area is 199 Å². The van der Waals surface area contributed by atoms with Crippen molar-refractivity contribution in [3.63, 3.8) is 0 Å². The topological polar surface area (TPSA) is 109 Å². The average Bonchev–Trinajstić information content (AvgIpc) is 3.54. The molecular weight excluding hydrogens is 458 g/mol. The molecule has 0 saturated carbocycles. The summed E-state index contributed by atoms with van der Waals surface area (Å²) >= 11 is 3.00. The Balaban J connectivity index is 1.31. The van der Waals surface area contributed by atoms with E-state index in [1.165, 1.54) is 17.4 Å². The lowest BCUT2D eigenvalue weighted by molar-refractivity contribution is -0.111. The predicted molar refractivity (Wildman–Crippen MR) is 128 cm³/mol. The Morgan fingerprint density at radius 3 is 3.06 bits per heavy atom. The van der Waals surface area contributed by atoms with Crippen molar-refractivity contribution in [1.29, 1.82) is 5.26 Å². The Morgan fingerprint density at radius 1 is 1.45 bits per heavy atom. The number of carbonyl (C=O) groups is 2. The number of amides is 2. The molecule has 0 aliphatic heterocycles. The predicted octanol–water partition coefficient (Wildman–Crippen LogP) is 4.10. The number of carbonyl (C=O) groups excluding carboxylic acids is 2. The van der Waals surface area contributed by atoms with Crippen molar-refractivity contribution in [2.24, 2.45) is 13.0 Å². The van der Waals surface area contributed by atoms with Gasteiger partial charge in [0.25, 0.3) is 0 Å². The zero-order valence-electron chi connectivity index (χ0n) is 18.0. The van der Waals surface area contributed by atoms with Gasteiger partial charge in [-0.05, 0) is 59.2 Å². The summed E-state index contributed by atoms with van der Waals surface area (Å²) in [6.07, 6.45) is 8.39. The van der Waals surface area contributed by atoms with E-state index < -0.39 is 6.09 Å². The zero-order valence-corrected chi connectivity index (χ0v) is 19.7. The minimum atomic E-state index is -0.462. The fraction of sp³-hybridized carbons (Fsp3) is 0.304. The van der Waals surface area contributed by atoms with Crippen molar-refractivity contribution >= 4 is 45.8 Å². The maximum atomic E-state index is 12.3. The minimum absolute atomic E-state index is 0.173. The van der Waals surface area contributed by atoms with Gasteiger partial charge in [-0.2, -0.15) is 16.6 Å². The Bertz CT molecular complexity index is 1200. The van der Waals surface area contributed by atoms with Gasteiger partial charge >= 0.3 is 6.09 Å². The molecule has 1 unspecified atom stereocenters. The minimum Gasteiger partial charge on any atom is -0.449 e. The van der Waals surface area contributed by atoms with Crippen molar-refractivity contribution in [1.82, 2.24) is 14.9 Å². The van der Waals surface area contributed by atoms with E-state index in [-0.39, 0.29) is 11.8 Å². The highest BCUT2D eigenvalue weighted by Crippen LogP contribution is 2.39. The van der Waals surface area contributed by atoms with Crippen molar-refractivity contribution in [3.05, 3.63) is 62.7 Å². The number of alkyl carbamates (subject to hydrolysis) is 1. The number of hydrogen-bond donors (Lipinski definition) is 2. The molecule has 3 heterocycles. The van der Waals surface area contributed by atoms with Gasteiger partial charge in [0.15, 0.2) is 0 Å². The van der Waals surface area contributed by atoms with E-state index in [4.69, 9.17) is 4.74 Å². The maximum absolute atomic E-state index is 12.3. The number of imidazole rings is 1. The number of fused-ring (bicyclic) bond motifs is 1. The molecule has 10 heteroatoms. The first kappa shape index (κ1) is 22.8. The lowest BCUT2D eigenvalue weighted by Crippen LogP contribution is -2.28. The molecule has 0 spiro atoms. The van der Waals surface area contributed by atoms with Crippen LogP contribution >= 0.6 is 22.7 Å². The average molecular weight is 482 g/mol. The third-order valence-corrected chi connectivity index (χ3v) is 7.34. The highest BCUT2D eigenvalue weighted by atomic mass is 32.1. The summed E-state index contributed by atoms with van der Waals surface area (Å²) in [6.45, 7) is 0.659. The van der Waals surface area contributed by atoms with Crippen molar-refractivity contribution in [2.75, 3.05) is 11.9 Å². The third-order valence-electron chi connectivity index (χ3n) is 5.47. The molecule has 8 nitrogen and oxygen atoms in total. The fourth-order valence-electron chi connectivity index (χ4n) is 3.66. The van der Waals surface area contributed by atoms with Gasteiger partial charge in [0, 0.05) is 24.2 Å². The number of nitriles is 1. The lowest BCUT2D eigenvalue weighted by atomic mass is 9.88. The van der Waals surface area contributed by atoms with Crippen LogP contribution < -0.4 is 10.6 Å². The van der Waals surface area contributed by atoms with E-state index in [1.807, 2.05) is 28.4 Å². The van der Waals surface area contributed by atoms with E-state index in [0.29, 0.717) is 30.1 Å². The first-order valence-corrected chi connectivity index (χ1v) is 12.2. The Kier molecular flexibility index (Phi) is 7.22. The van der Waals surface area contributed by atoms with E-state index >= 15 is 0 Å². The molecular formula is C23H23N5O3S2. The molecule has 1 aliphatic rings. The van der Waals surface area contributed by atoms with E-state index in [0.717, 1.165) is 34.5 Å². The second-order valence-corrected chi connectivity index (χ2v) is 9.64. The van der Waals surface area contributed by atoms with Crippen LogP contribution in [-0.4, -0.2) is 28.2 Å². The van der Waals surface area contributed by atoms with Crippen LogP contribution in [0.5, 0.6) is 0 Å². The smallest absolute Gasteiger partial charge is 0.407 e. The van der Waals surface area contributed by atoms with Gasteiger partial charge < -0.3 is 19.9 Å². The third kappa shape index (κ3) is 5.69. The molecule has 1 atom stereocenters. The molecule has 33 heavy (non-hydrogen) atoms. The number of rotatable bonds is 7. The van der Waals surface area contributed by atoms with Crippen LogP contribution in [0.2, 0.25) is 0 Å². The summed E-state index contributed by atoms with van der Waals surface area (Å²) < 4.78 is 7.25. The van der Waals surface area contributed by atoms with Crippen LogP contribution in [0.25, 0.3) is 6.08 Å². The van der Waals surface area contributed by atoms with Gasteiger partial charge in [-0.1, -0.05) is 0 Å². The molecule has 0 saturated heterocycles. The molecule has 2 N–H and O–H groups in total. The number of aromatic nitrogens is 2. The largest absolute Gasteiger partial charge is 0.449 e. The summed E-state index contributed by atoms with van der Waals surface area (Å²) in [5, 5.41) is 19.7. The standard InChI is InChI=1S/C23H23N5O3S2/c1-28-14-25-10-17(28)11-26-23(30)31-12-16-2-4-18-19(9-24)22(33-20(18)8-16)27-21(29)5-3-15-6-7-32-13-15/h3,5-7,10,13-14,16H,2,4,8,11-12H2,1H3,(H,26,30)(H,27,29). The van der Waals surface area contributed by atoms with E-state index in [9.17, 15) is 14.9 Å². The van der Waals surface area contributed by atoms with E-state index in [2.05, 4.69) is 21.7 Å². The molecule has 0 fully saturated rings. The Hall–Kier alpha value is -3.42. The molecule has 0 bridgehead atoms. The van der Waals surface area contributed by atoms with Crippen LogP contribution in [0.3, 0.4) is 0 Å². The van der Waals surface area contributed by atoms with Crippen LogP contribution in [-0.2, 0) is 36.0 Å². The van der Waals surface area contributed by atoms with Crippen molar-refractivity contribution in [2.45, 2.75) is 25.8 Å². The van der Waals surface area contributed by atoms with Gasteiger partial charge in [-0.25, -0.2) is 9.78 Å². The number of aryl methyl sites for hydroxylation is 1. The molecule has 0 radical (unpaired) electrons. The number of nitrogens with one attached hydrogen (secondary N) is 2. The van der Waals surface area contributed by atoms with Gasteiger partial charge in [0.2, 0.25) is 5.91 Å². The quantitative estimate of drug-likeness (QED) is 0.494. The zero-order chi connectivity index (χ0) is 23.2. The number of anilines is 1. The number of ether oxygens (including phenoxy) is 1. The highest BCUT2D eigenvalue weighted by molar-refractivity contribution is 7.16. The number of nitrogens with zero attached hydrogens (tertiary/aromatic N) is 3. The number of thiophene rings is 2. The second kappa shape index (κ2) is 10.5. The van der Waals surface area contributed by atoms with Crippen LogP contribution in [0.1, 0.15) is 33.7 Å². The lowest BCUT2D eigenvalue weighted by Gasteiger charge is -2.21. The SMILES string of the molecule is Cn1cncc1CNC(=O)OCC1CCc2c(sc(NC(=O)C=Cc3ccsc3)c2C#N)C1. The molecule has 170 valence electrons. The first-order valence-electron chi connectivity index (χ1n) is 10.4. The number of hydrogen-bond acceptors (Lipinski definition) is 7. The molecule has 3 aromatic heterocycles. The molecule has 0 aromatic carbocycles. The van der Waals surface area contributed by atoms with Gasteiger partial charge in [0.05, 0.1) is 30.7 Å². The monoisotopic (exact) mass is 481 g/mol. The summed E-state index contributed by atoms with van der Waals surface area (Å²) in [7, 11) is 1.86. The summed E-state index contributed by atoms with van der Waals surface area (Å²) in [5.74, 6) is -0.0894. The van der Waals surface area contributed by atoms with Gasteiger partial charge in [0.1, 0.15) is 11.1 Å². The van der Waals surface area contributed by atoms with Crippen LogP contribution in [0, 0.1) is 17.2 Å². The Morgan fingerprint density at radius 2 is 2.33 bits per heavy atom. The van der Waals surface area contributed by atoms with Crippen LogP contribution in [0.4, 0.5) is 9.80 Å². The maximum Gasteiger partial charge on any atom is 0.407 e. The molecule has 4 rings (SSSR count).